The van der Waals surface area contributed by atoms with Crippen molar-refractivity contribution in [2.45, 2.75) is 31.6 Å². The quantitative estimate of drug-likeness (QED) is 0.707. The second-order valence-corrected chi connectivity index (χ2v) is 6.04. The Hall–Kier alpha value is -1.50. The van der Waals surface area contributed by atoms with E-state index < -0.39 is 0 Å². The first-order valence-corrected chi connectivity index (χ1v) is 7.47. The highest BCUT2D eigenvalue weighted by Crippen LogP contribution is 2.71. The summed E-state index contributed by atoms with van der Waals surface area (Å²) in [7, 11) is 0. The third kappa shape index (κ3) is 1.60. The van der Waals surface area contributed by atoms with Crippen LogP contribution in [0.2, 0.25) is 0 Å². The summed E-state index contributed by atoms with van der Waals surface area (Å²) in [6.45, 7) is 0.882. The summed E-state index contributed by atoms with van der Waals surface area (Å²) in [6, 6.07) is 11.0. The summed E-state index contributed by atoms with van der Waals surface area (Å²) in [5.74, 6) is 1.29. The summed E-state index contributed by atoms with van der Waals surface area (Å²) in [5.41, 5.74) is 3.45. The van der Waals surface area contributed by atoms with Crippen molar-refractivity contribution >= 4 is 0 Å². The smallest absolute Gasteiger partial charge is 0.0919 e. The van der Waals surface area contributed by atoms with Gasteiger partial charge in [0.1, 0.15) is 0 Å². The standard InChI is InChI=1S/C18H20O/c1-3-7-14(8-4-1)17-16-13-19-12-11-18(16,17)15-9-5-2-6-10-15/h1,3-4,7-9,11-12,16-17H,2,5-6,10,13H2/t16?,17-,18+/m0/s1. The Bertz CT molecular complexity index is 528. The molecule has 0 radical (unpaired) electrons. The molecule has 0 bridgehead atoms. The predicted molar refractivity (Wildman–Crippen MR) is 76.7 cm³/mol. The molecule has 98 valence electrons. The number of ether oxygens (including phenoxy) is 1. The lowest BCUT2D eigenvalue weighted by Gasteiger charge is -2.24. The minimum absolute atomic E-state index is 0.292. The molecule has 1 aliphatic heterocycles. The molecule has 1 saturated carbocycles. The van der Waals surface area contributed by atoms with Gasteiger partial charge >= 0.3 is 0 Å². The molecule has 3 atom stereocenters. The Kier molecular flexibility index (Phi) is 2.54. The van der Waals surface area contributed by atoms with E-state index in [0.717, 1.165) is 6.61 Å². The van der Waals surface area contributed by atoms with E-state index in [0.29, 0.717) is 17.3 Å². The van der Waals surface area contributed by atoms with Crippen LogP contribution in [0.4, 0.5) is 0 Å². The van der Waals surface area contributed by atoms with Crippen LogP contribution in [-0.4, -0.2) is 6.61 Å². The van der Waals surface area contributed by atoms with Gasteiger partial charge in [0, 0.05) is 17.3 Å². The third-order valence-electron chi connectivity index (χ3n) is 5.14. The second kappa shape index (κ2) is 4.26. The van der Waals surface area contributed by atoms with Gasteiger partial charge in [-0.3, -0.25) is 0 Å². The van der Waals surface area contributed by atoms with E-state index in [9.17, 15) is 0 Å². The van der Waals surface area contributed by atoms with E-state index in [2.05, 4.69) is 42.5 Å². The highest BCUT2D eigenvalue weighted by Gasteiger charge is 2.66. The molecule has 1 nitrogen and oxygen atoms in total. The molecule has 1 aromatic carbocycles. The molecule has 0 amide bonds. The van der Waals surface area contributed by atoms with Crippen LogP contribution in [0.1, 0.15) is 37.2 Å². The average Bonchev–Trinajstić information content (AvgIpc) is 3.19. The summed E-state index contributed by atoms with van der Waals surface area (Å²) >= 11 is 0. The zero-order valence-electron chi connectivity index (χ0n) is 11.2. The Morgan fingerprint density at radius 1 is 1.11 bits per heavy atom. The van der Waals surface area contributed by atoms with E-state index in [1.165, 1.54) is 31.2 Å². The fraction of sp³-hybridized carbons (Fsp3) is 0.444. The van der Waals surface area contributed by atoms with E-state index in [1.54, 1.807) is 5.57 Å². The zero-order chi connectivity index (χ0) is 12.7. The van der Waals surface area contributed by atoms with Crippen molar-refractivity contribution in [2.75, 3.05) is 6.61 Å². The van der Waals surface area contributed by atoms with Gasteiger partial charge < -0.3 is 4.74 Å². The second-order valence-electron chi connectivity index (χ2n) is 6.04. The van der Waals surface area contributed by atoms with E-state index in [1.807, 2.05) is 6.26 Å². The predicted octanol–water partition coefficient (Wildman–Crippen LogP) is 4.43. The normalized spacial score (nSPS) is 36.1. The SMILES string of the molecule is C1=C[C@@]2(C3=CCCCC3)C(CO1)[C@@H]2c1ccccc1. The van der Waals surface area contributed by atoms with Gasteiger partial charge in [0.15, 0.2) is 0 Å². The fourth-order valence-corrected chi connectivity index (χ4v) is 4.21. The molecule has 0 aromatic heterocycles. The van der Waals surface area contributed by atoms with Gasteiger partial charge in [-0.15, -0.1) is 0 Å². The monoisotopic (exact) mass is 252 g/mol. The van der Waals surface area contributed by atoms with Crippen LogP contribution in [0, 0.1) is 11.3 Å². The summed E-state index contributed by atoms with van der Waals surface area (Å²) in [6.07, 6.45) is 12.1. The van der Waals surface area contributed by atoms with Crippen molar-refractivity contribution in [2.24, 2.45) is 11.3 Å². The van der Waals surface area contributed by atoms with Crippen LogP contribution in [0.5, 0.6) is 0 Å². The molecule has 2 aliphatic carbocycles. The Morgan fingerprint density at radius 3 is 2.79 bits per heavy atom. The van der Waals surface area contributed by atoms with Crippen molar-refractivity contribution in [1.29, 1.82) is 0 Å². The van der Waals surface area contributed by atoms with Gasteiger partial charge in [-0.25, -0.2) is 0 Å². The summed E-state index contributed by atoms with van der Waals surface area (Å²) < 4.78 is 5.58. The lowest BCUT2D eigenvalue weighted by molar-refractivity contribution is 0.205. The Balaban J connectivity index is 1.74. The van der Waals surface area contributed by atoms with Crippen LogP contribution in [0.15, 0.2) is 54.3 Å². The van der Waals surface area contributed by atoms with Gasteiger partial charge in [0.25, 0.3) is 0 Å². The Morgan fingerprint density at radius 2 is 2.00 bits per heavy atom. The number of rotatable bonds is 2. The number of allylic oxidation sites excluding steroid dienone is 3. The van der Waals surface area contributed by atoms with Crippen LogP contribution in [0.25, 0.3) is 0 Å². The van der Waals surface area contributed by atoms with Crippen molar-refractivity contribution in [3.8, 4) is 0 Å². The molecule has 1 fully saturated rings. The van der Waals surface area contributed by atoms with Crippen LogP contribution in [0.3, 0.4) is 0 Å². The number of fused-ring (bicyclic) bond motifs is 1. The minimum atomic E-state index is 0.292. The van der Waals surface area contributed by atoms with Crippen molar-refractivity contribution < 1.29 is 4.74 Å². The highest BCUT2D eigenvalue weighted by molar-refractivity contribution is 5.47. The first-order valence-electron chi connectivity index (χ1n) is 7.47. The molecule has 3 aliphatic rings. The Labute approximate surface area is 115 Å². The van der Waals surface area contributed by atoms with Crippen molar-refractivity contribution in [3.63, 3.8) is 0 Å². The van der Waals surface area contributed by atoms with E-state index in [-0.39, 0.29) is 0 Å². The molecule has 1 unspecified atom stereocenters. The van der Waals surface area contributed by atoms with E-state index in [4.69, 9.17) is 4.74 Å². The van der Waals surface area contributed by atoms with Crippen LogP contribution < -0.4 is 0 Å². The molecule has 19 heavy (non-hydrogen) atoms. The molecule has 1 aromatic rings. The zero-order valence-corrected chi connectivity index (χ0v) is 11.2. The van der Waals surface area contributed by atoms with Crippen LogP contribution in [-0.2, 0) is 4.74 Å². The third-order valence-corrected chi connectivity index (χ3v) is 5.14. The van der Waals surface area contributed by atoms with Gasteiger partial charge in [0.05, 0.1) is 12.9 Å². The lowest BCUT2D eigenvalue weighted by Crippen LogP contribution is -2.14. The van der Waals surface area contributed by atoms with Gasteiger partial charge in [-0.05, 0) is 37.3 Å². The van der Waals surface area contributed by atoms with Crippen molar-refractivity contribution in [1.82, 2.24) is 0 Å². The van der Waals surface area contributed by atoms with Crippen molar-refractivity contribution in [3.05, 3.63) is 59.9 Å². The molecule has 1 heterocycles. The maximum Gasteiger partial charge on any atom is 0.0919 e. The largest absolute Gasteiger partial charge is 0.501 e. The number of hydrogen-bond acceptors (Lipinski definition) is 1. The van der Waals surface area contributed by atoms with Gasteiger partial charge in [-0.2, -0.15) is 0 Å². The minimum Gasteiger partial charge on any atom is -0.501 e. The molecule has 0 N–H and O–H groups in total. The molecule has 0 spiro atoms. The van der Waals surface area contributed by atoms with Gasteiger partial charge in [0.2, 0.25) is 0 Å². The maximum atomic E-state index is 5.58. The molecule has 4 rings (SSSR count). The molecule has 0 saturated heterocycles. The fourth-order valence-electron chi connectivity index (χ4n) is 4.21. The molecular formula is C18H20O. The highest BCUT2D eigenvalue weighted by atomic mass is 16.5. The molecule has 1 heteroatoms. The first-order chi connectivity index (χ1) is 9.43. The summed E-state index contributed by atoms with van der Waals surface area (Å²) in [4.78, 5) is 0. The maximum absolute atomic E-state index is 5.58. The van der Waals surface area contributed by atoms with Gasteiger partial charge in [-0.1, -0.05) is 42.0 Å². The topological polar surface area (TPSA) is 9.23 Å². The average molecular weight is 252 g/mol. The van der Waals surface area contributed by atoms with E-state index >= 15 is 0 Å². The molecular weight excluding hydrogens is 232 g/mol. The number of benzene rings is 1. The van der Waals surface area contributed by atoms with Crippen LogP contribution >= 0.6 is 0 Å². The first kappa shape index (κ1) is 11.3. The number of hydrogen-bond donors (Lipinski definition) is 0. The summed E-state index contributed by atoms with van der Waals surface area (Å²) in [5, 5.41) is 0. The lowest BCUT2D eigenvalue weighted by atomic mass is 9.82.